The van der Waals surface area contributed by atoms with Crippen LogP contribution in [-0.4, -0.2) is 122 Å². The summed E-state index contributed by atoms with van der Waals surface area (Å²) in [6.07, 6.45) is -3.75. The third kappa shape index (κ3) is 8.20. The molecular weight excluding hydrogens is 805 g/mol. The topological polar surface area (TPSA) is 290 Å². The minimum absolute atomic E-state index is 0.0465. The lowest BCUT2D eigenvalue weighted by atomic mass is 9.75. The number of nitrogens with one attached hydrogen (secondary N) is 1. The molecule has 10 N–H and O–H groups in total. The number of aliphatic imine (C=N–C) groups is 1. The molecule has 1 aromatic heterocycles. The Labute approximate surface area is 355 Å². The number of aliphatic hydroxyl groups is 4. The number of nitrogens with zero attached hydrogens (tertiary/aromatic N) is 3. The number of carbonyl (C=O) groups is 4. The number of phenolic OH excluding ortho intramolecular Hbond substituents is 1. The number of amides is 2. The highest BCUT2D eigenvalue weighted by Crippen LogP contribution is 2.44. The van der Waals surface area contributed by atoms with Gasteiger partial charge in [-0.2, -0.15) is 0 Å². The maximum absolute atomic E-state index is 14.6. The first kappa shape index (κ1) is 43.4. The van der Waals surface area contributed by atoms with Crippen LogP contribution < -0.4 is 26.3 Å². The molecule has 2 amide bonds. The molecule has 3 aliphatic rings. The van der Waals surface area contributed by atoms with Gasteiger partial charge in [-0.15, -0.1) is 0 Å². The Bertz CT molecular complexity index is 2460. The number of aromatic nitrogens is 1. The first-order chi connectivity index (χ1) is 29.7. The number of nitrogen functional groups attached to an aromatic ring is 1. The molecule has 6 atom stereocenters. The number of imide groups is 1. The molecule has 0 spiro atoms. The second-order valence-electron chi connectivity index (χ2n) is 15.2. The van der Waals surface area contributed by atoms with Crippen LogP contribution in [0, 0.1) is 0 Å². The Hall–Kier alpha value is -6.70. The van der Waals surface area contributed by atoms with Gasteiger partial charge in [-0.05, 0) is 60.2 Å². The number of aryl methyl sites for hydroxylation is 2. The summed E-state index contributed by atoms with van der Waals surface area (Å²) in [4.78, 5) is 62.9. The molecular formula is C44H46N6O12. The summed E-state index contributed by atoms with van der Waals surface area (Å²) in [5.74, 6) is -4.22. The predicted molar refractivity (Wildman–Crippen MR) is 221 cm³/mol. The van der Waals surface area contributed by atoms with Crippen molar-refractivity contribution in [2.45, 2.75) is 61.9 Å². The minimum Gasteiger partial charge on any atom is -0.507 e. The Balaban J connectivity index is 1.22. The number of fused-ring (bicyclic) bond motifs is 2. The van der Waals surface area contributed by atoms with Crippen LogP contribution in [0.3, 0.4) is 0 Å². The van der Waals surface area contributed by atoms with E-state index in [0.717, 1.165) is 22.6 Å². The molecule has 3 heterocycles. The highest BCUT2D eigenvalue weighted by atomic mass is 16.7. The van der Waals surface area contributed by atoms with Crippen molar-refractivity contribution >= 4 is 35.2 Å². The second kappa shape index (κ2) is 17.7. The zero-order valence-electron chi connectivity index (χ0n) is 33.7. The highest BCUT2D eigenvalue weighted by molar-refractivity contribution is 6.30. The number of aliphatic hydroxyl groups excluding tert-OH is 3. The number of hydrogen-bond acceptors (Lipinski definition) is 15. The van der Waals surface area contributed by atoms with Crippen molar-refractivity contribution in [3.05, 3.63) is 124 Å². The van der Waals surface area contributed by atoms with Gasteiger partial charge in [0.25, 0.3) is 11.8 Å². The van der Waals surface area contributed by atoms with Gasteiger partial charge < -0.3 is 56.5 Å². The summed E-state index contributed by atoms with van der Waals surface area (Å²) in [5, 5.41) is 60.7. The molecule has 1 fully saturated rings. The van der Waals surface area contributed by atoms with E-state index in [1.807, 2.05) is 30.3 Å². The van der Waals surface area contributed by atoms with Gasteiger partial charge in [-0.25, -0.2) is 4.98 Å². The van der Waals surface area contributed by atoms with E-state index in [2.05, 4.69) is 15.3 Å². The van der Waals surface area contributed by atoms with Crippen molar-refractivity contribution in [1.29, 1.82) is 0 Å². The number of anilines is 1. The molecule has 2 aliphatic heterocycles. The SMILES string of the molecule is CN=C(N)NCc1c(CCc2ccccc2)cc2c(c1O)C(=O)c1c(OC3OC(CO)C(O)(CC(CN4C(=O)C=CC4=O)c4ccnc(N)c4)C(O)C3O)cc(OC)cc1C2=O. The molecule has 0 radical (unpaired) electrons. The number of methoxy groups -OCH3 is 1. The van der Waals surface area contributed by atoms with Crippen LogP contribution >= 0.6 is 0 Å². The normalized spacial score (nSPS) is 22.7. The van der Waals surface area contributed by atoms with Crippen LogP contribution in [0.4, 0.5) is 5.82 Å². The lowest BCUT2D eigenvalue weighted by molar-refractivity contribution is -0.315. The number of guanidine groups is 1. The second-order valence-corrected chi connectivity index (χ2v) is 15.2. The van der Waals surface area contributed by atoms with Crippen molar-refractivity contribution in [2.24, 2.45) is 10.7 Å². The number of pyridine rings is 1. The number of ether oxygens (including phenoxy) is 3. The van der Waals surface area contributed by atoms with Gasteiger partial charge in [0, 0.05) is 67.2 Å². The molecule has 62 heavy (non-hydrogen) atoms. The van der Waals surface area contributed by atoms with E-state index in [1.54, 1.807) is 6.07 Å². The third-order valence-electron chi connectivity index (χ3n) is 11.5. The Kier molecular flexibility index (Phi) is 12.4. The van der Waals surface area contributed by atoms with Crippen LogP contribution in [0.15, 0.2) is 84.0 Å². The Morgan fingerprint density at radius 2 is 1.71 bits per heavy atom. The van der Waals surface area contributed by atoms with Gasteiger partial charge in [-0.1, -0.05) is 30.3 Å². The summed E-state index contributed by atoms with van der Waals surface area (Å²) in [7, 11) is 2.79. The van der Waals surface area contributed by atoms with Gasteiger partial charge in [0.05, 0.1) is 24.8 Å². The number of ketones is 2. The van der Waals surface area contributed by atoms with Gasteiger partial charge in [-0.3, -0.25) is 29.1 Å². The first-order valence-electron chi connectivity index (χ1n) is 19.6. The molecule has 1 saturated heterocycles. The van der Waals surface area contributed by atoms with Crippen LogP contribution in [0.2, 0.25) is 0 Å². The zero-order valence-corrected chi connectivity index (χ0v) is 33.7. The van der Waals surface area contributed by atoms with E-state index in [-0.39, 0.29) is 58.6 Å². The smallest absolute Gasteiger partial charge is 0.253 e. The average molecular weight is 851 g/mol. The molecule has 4 aromatic rings. The number of aromatic hydroxyl groups is 1. The summed E-state index contributed by atoms with van der Waals surface area (Å²) in [5.41, 5.74) is 10.8. The number of carbonyl (C=O) groups excluding carboxylic acids is 4. The van der Waals surface area contributed by atoms with Crippen molar-refractivity contribution in [3.63, 3.8) is 0 Å². The van der Waals surface area contributed by atoms with Crippen molar-refractivity contribution < 1.29 is 58.9 Å². The fraction of sp³-hybridized carbons (Fsp3) is 0.318. The molecule has 3 aromatic carbocycles. The monoisotopic (exact) mass is 850 g/mol. The quantitative estimate of drug-likeness (QED) is 0.0432. The average Bonchev–Trinajstić information content (AvgIpc) is 3.59. The summed E-state index contributed by atoms with van der Waals surface area (Å²) < 4.78 is 17.5. The highest BCUT2D eigenvalue weighted by Gasteiger charge is 2.56. The molecule has 7 rings (SSSR count). The van der Waals surface area contributed by atoms with Crippen LogP contribution in [0.5, 0.6) is 17.2 Å². The fourth-order valence-electron chi connectivity index (χ4n) is 8.16. The zero-order chi connectivity index (χ0) is 44.5. The molecule has 324 valence electrons. The lowest BCUT2D eigenvalue weighted by Crippen LogP contribution is -2.68. The molecule has 0 saturated carbocycles. The van der Waals surface area contributed by atoms with E-state index in [1.165, 1.54) is 44.6 Å². The molecule has 18 heteroatoms. The lowest BCUT2D eigenvalue weighted by Gasteiger charge is -2.49. The molecule has 6 unspecified atom stereocenters. The van der Waals surface area contributed by atoms with Crippen LogP contribution in [-0.2, 0) is 33.7 Å². The van der Waals surface area contributed by atoms with Crippen molar-refractivity contribution in [1.82, 2.24) is 15.2 Å². The van der Waals surface area contributed by atoms with Gasteiger partial charge in [0.2, 0.25) is 12.1 Å². The summed E-state index contributed by atoms with van der Waals surface area (Å²) in [6.45, 7) is -1.27. The fourth-order valence-corrected chi connectivity index (χ4v) is 8.16. The summed E-state index contributed by atoms with van der Waals surface area (Å²) >= 11 is 0. The van der Waals surface area contributed by atoms with Crippen LogP contribution in [0.25, 0.3) is 0 Å². The van der Waals surface area contributed by atoms with Gasteiger partial charge in [0.15, 0.2) is 11.7 Å². The standard InChI is InChI=1S/C44H46N6O12/c1-47-43(46)49-19-29-24(9-8-22-6-4-3-5-7-22)14-27-36(38(29)55)39(56)35-28(37(27)54)16-26(60-2)17-30(35)61-42-40(57)41(58)44(59,31(21-51)62-42)18-25(23-12-13-48-32(45)15-23)20-50-33(52)10-11-34(50)53/h3-7,10-17,25,31,40-42,51,55,57-59H,8-9,18-21H2,1-2H3,(H2,45,48)(H3,46,47,49). The third-order valence-corrected chi connectivity index (χ3v) is 11.5. The van der Waals surface area contributed by atoms with Gasteiger partial charge in [0.1, 0.15) is 47.0 Å². The van der Waals surface area contributed by atoms with Gasteiger partial charge >= 0.3 is 0 Å². The molecule has 0 bridgehead atoms. The number of hydrogen-bond donors (Lipinski definition) is 8. The van der Waals surface area contributed by atoms with Crippen molar-refractivity contribution in [3.8, 4) is 17.2 Å². The largest absolute Gasteiger partial charge is 0.507 e. The van der Waals surface area contributed by atoms with E-state index < -0.39 is 78.3 Å². The molecule has 1 aliphatic carbocycles. The molecule has 18 nitrogen and oxygen atoms in total. The maximum atomic E-state index is 14.6. The first-order valence-corrected chi connectivity index (χ1v) is 19.6. The number of phenols is 1. The number of rotatable bonds is 14. The summed E-state index contributed by atoms with van der Waals surface area (Å²) in [6, 6.07) is 16.7. The van der Waals surface area contributed by atoms with Crippen LogP contribution in [0.1, 0.15) is 66.4 Å². The Morgan fingerprint density at radius 3 is 2.37 bits per heavy atom. The number of benzene rings is 3. The van der Waals surface area contributed by atoms with E-state index in [9.17, 15) is 44.7 Å². The number of nitrogens with two attached hydrogens (primary N) is 2. The Morgan fingerprint density at radius 1 is 1.00 bits per heavy atom. The maximum Gasteiger partial charge on any atom is 0.253 e. The van der Waals surface area contributed by atoms with E-state index in [4.69, 9.17) is 25.7 Å². The van der Waals surface area contributed by atoms with E-state index in [0.29, 0.717) is 29.5 Å². The predicted octanol–water partition coefficient (Wildman–Crippen LogP) is 0.621. The van der Waals surface area contributed by atoms with Crippen molar-refractivity contribution in [2.75, 3.05) is 33.0 Å². The van der Waals surface area contributed by atoms with E-state index >= 15 is 0 Å². The minimum atomic E-state index is -2.45.